The number of piperazine rings is 1. The summed E-state index contributed by atoms with van der Waals surface area (Å²) in [7, 11) is -3.81. The van der Waals surface area contributed by atoms with Crippen LogP contribution in [0.4, 0.5) is 0 Å². The van der Waals surface area contributed by atoms with E-state index in [-0.39, 0.29) is 42.2 Å². The first-order valence-corrected chi connectivity index (χ1v) is 10.8. The molecule has 0 spiro atoms. The maximum absolute atomic E-state index is 13.0. The van der Waals surface area contributed by atoms with Gasteiger partial charge >= 0.3 is 0 Å². The van der Waals surface area contributed by atoms with E-state index in [1.807, 2.05) is 4.90 Å². The summed E-state index contributed by atoms with van der Waals surface area (Å²) in [5, 5.41) is 6.15. The van der Waals surface area contributed by atoms with Crippen LogP contribution in [0.25, 0.3) is 0 Å². The Morgan fingerprint density at radius 3 is 2.68 bits per heavy atom. The molecule has 154 valence electrons. The highest BCUT2D eigenvalue weighted by atomic mass is 35.5. The summed E-state index contributed by atoms with van der Waals surface area (Å²) in [4.78, 5) is 26.4. The number of fused-ring (bicyclic) bond motifs is 2. The summed E-state index contributed by atoms with van der Waals surface area (Å²) in [6.07, 6.45) is 3.15. The Balaban J connectivity index is 0.00000225. The molecule has 1 aromatic carbocycles. The molecule has 2 atom stereocenters. The quantitative estimate of drug-likeness (QED) is 0.716. The number of benzene rings is 1. The van der Waals surface area contributed by atoms with Gasteiger partial charge in [0.05, 0.1) is 11.4 Å². The fraction of sp³-hybridized carbons (Fsp3) is 0.556. The number of rotatable bonds is 3. The number of hydrogen-bond donors (Lipinski definition) is 2. The summed E-state index contributed by atoms with van der Waals surface area (Å²) < 4.78 is 26.9. The third kappa shape index (κ3) is 4.17. The predicted molar refractivity (Wildman–Crippen MR) is 106 cm³/mol. The molecule has 8 nitrogen and oxygen atoms in total. The third-order valence-electron chi connectivity index (χ3n) is 5.53. The van der Waals surface area contributed by atoms with Crippen LogP contribution in [0.15, 0.2) is 29.2 Å². The predicted octanol–water partition coefficient (Wildman–Crippen LogP) is 0.195. The van der Waals surface area contributed by atoms with Crippen molar-refractivity contribution in [3.63, 3.8) is 0 Å². The standard InChI is InChI=1S/C18H24N4O4S.ClH/c23-17-12-22(9-7-19-17)27(25,26)16-3-1-2-13(10-16)18(24)21-8-6-14-4-5-15(11-21)20-14;/h1-3,10,14-15,20H,4-9,11-12H2,(H,19,23);1H. The summed E-state index contributed by atoms with van der Waals surface area (Å²) in [5.41, 5.74) is 0.371. The highest BCUT2D eigenvalue weighted by Crippen LogP contribution is 2.23. The molecule has 3 heterocycles. The van der Waals surface area contributed by atoms with Crippen molar-refractivity contribution in [3.8, 4) is 0 Å². The fourth-order valence-corrected chi connectivity index (χ4v) is 5.51. The van der Waals surface area contributed by atoms with Gasteiger partial charge < -0.3 is 15.5 Å². The maximum Gasteiger partial charge on any atom is 0.253 e. The number of likely N-dealkylation sites (tertiary alicyclic amines) is 1. The highest BCUT2D eigenvalue weighted by molar-refractivity contribution is 7.89. The van der Waals surface area contributed by atoms with Gasteiger partial charge in [-0.2, -0.15) is 4.31 Å². The van der Waals surface area contributed by atoms with Crippen molar-refractivity contribution >= 4 is 34.2 Å². The molecule has 3 aliphatic rings. The van der Waals surface area contributed by atoms with Crippen molar-refractivity contribution in [2.24, 2.45) is 0 Å². The minimum atomic E-state index is -3.81. The van der Waals surface area contributed by atoms with Crippen LogP contribution >= 0.6 is 12.4 Å². The van der Waals surface area contributed by atoms with Crippen molar-refractivity contribution in [2.45, 2.75) is 36.2 Å². The molecule has 0 saturated carbocycles. The van der Waals surface area contributed by atoms with Crippen molar-refractivity contribution in [1.82, 2.24) is 19.8 Å². The van der Waals surface area contributed by atoms with Crippen molar-refractivity contribution in [2.75, 3.05) is 32.7 Å². The molecular weight excluding hydrogens is 404 g/mol. The van der Waals surface area contributed by atoms with Crippen molar-refractivity contribution in [3.05, 3.63) is 29.8 Å². The van der Waals surface area contributed by atoms with E-state index < -0.39 is 10.0 Å². The van der Waals surface area contributed by atoms with E-state index in [1.165, 1.54) is 12.1 Å². The molecule has 28 heavy (non-hydrogen) atoms. The molecule has 4 rings (SSSR count). The average Bonchev–Trinajstić information content (AvgIpc) is 3.00. The number of amides is 2. The van der Waals surface area contributed by atoms with Gasteiger partial charge in [0.25, 0.3) is 5.91 Å². The van der Waals surface area contributed by atoms with Crippen LogP contribution in [0.5, 0.6) is 0 Å². The average molecular weight is 429 g/mol. The summed E-state index contributed by atoms with van der Waals surface area (Å²) >= 11 is 0. The molecular formula is C18H25ClN4O4S. The smallest absolute Gasteiger partial charge is 0.253 e. The van der Waals surface area contributed by atoms with Crippen LogP contribution in [-0.2, 0) is 14.8 Å². The van der Waals surface area contributed by atoms with E-state index in [0.29, 0.717) is 37.3 Å². The second-order valence-corrected chi connectivity index (χ2v) is 9.33. The number of sulfonamides is 1. The largest absolute Gasteiger partial charge is 0.354 e. The summed E-state index contributed by atoms with van der Waals surface area (Å²) in [5.74, 6) is -0.457. The summed E-state index contributed by atoms with van der Waals surface area (Å²) in [6.45, 7) is 1.66. The molecule has 2 unspecified atom stereocenters. The molecule has 2 amide bonds. The monoisotopic (exact) mass is 428 g/mol. The van der Waals surface area contributed by atoms with Crippen LogP contribution in [0.1, 0.15) is 29.6 Å². The molecule has 3 aliphatic heterocycles. The van der Waals surface area contributed by atoms with E-state index in [2.05, 4.69) is 10.6 Å². The van der Waals surface area contributed by atoms with E-state index >= 15 is 0 Å². The molecule has 0 aliphatic carbocycles. The van der Waals surface area contributed by atoms with E-state index in [0.717, 1.165) is 23.6 Å². The molecule has 0 aromatic heterocycles. The Kier molecular flexibility index (Phi) is 6.28. The van der Waals surface area contributed by atoms with Gasteiger partial charge in [-0.1, -0.05) is 6.07 Å². The number of nitrogens with one attached hydrogen (secondary N) is 2. The second kappa shape index (κ2) is 8.36. The van der Waals surface area contributed by atoms with Crippen molar-refractivity contribution < 1.29 is 18.0 Å². The van der Waals surface area contributed by atoms with Crippen LogP contribution < -0.4 is 10.6 Å². The van der Waals surface area contributed by atoms with Crippen molar-refractivity contribution in [1.29, 1.82) is 0 Å². The van der Waals surface area contributed by atoms with Crippen LogP contribution in [0.2, 0.25) is 0 Å². The lowest BCUT2D eigenvalue weighted by Gasteiger charge is -2.26. The number of nitrogens with zero attached hydrogens (tertiary/aromatic N) is 2. The van der Waals surface area contributed by atoms with Gasteiger partial charge in [0, 0.05) is 43.8 Å². The van der Waals surface area contributed by atoms with E-state index in [9.17, 15) is 18.0 Å². The zero-order chi connectivity index (χ0) is 19.0. The third-order valence-corrected chi connectivity index (χ3v) is 7.37. The first-order valence-electron chi connectivity index (χ1n) is 9.36. The van der Waals surface area contributed by atoms with E-state index in [4.69, 9.17) is 0 Å². The van der Waals surface area contributed by atoms with Crippen LogP contribution in [0.3, 0.4) is 0 Å². The molecule has 3 fully saturated rings. The molecule has 2 bridgehead atoms. The van der Waals surface area contributed by atoms with Gasteiger partial charge in [-0.05, 0) is 37.5 Å². The Morgan fingerprint density at radius 1 is 1.11 bits per heavy atom. The van der Waals surface area contributed by atoms with Gasteiger partial charge in [-0.15, -0.1) is 12.4 Å². The number of halogens is 1. The fourth-order valence-electron chi connectivity index (χ4n) is 4.07. The van der Waals surface area contributed by atoms with E-state index in [1.54, 1.807) is 12.1 Å². The lowest BCUT2D eigenvalue weighted by molar-refractivity contribution is -0.122. The molecule has 2 N–H and O–H groups in total. The minimum Gasteiger partial charge on any atom is -0.354 e. The topological polar surface area (TPSA) is 98.8 Å². The minimum absolute atomic E-state index is 0. The van der Waals surface area contributed by atoms with Gasteiger partial charge in [-0.25, -0.2) is 8.42 Å². The Labute approximate surface area is 171 Å². The van der Waals surface area contributed by atoms with Crippen LogP contribution in [0, 0.1) is 0 Å². The van der Waals surface area contributed by atoms with Crippen LogP contribution in [-0.4, -0.2) is 74.2 Å². The van der Waals surface area contributed by atoms with Gasteiger partial charge in [-0.3, -0.25) is 9.59 Å². The molecule has 1 aromatic rings. The Hall–Kier alpha value is -1.68. The first kappa shape index (κ1) is 21.0. The first-order chi connectivity index (χ1) is 12.9. The molecule has 3 saturated heterocycles. The number of carbonyl (C=O) groups is 2. The molecule has 0 radical (unpaired) electrons. The number of hydrogen-bond acceptors (Lipinski definition) is 5. The van der Waals surface area contributed by atoms with Gasteiger partial charge in [0.1, 0.15) is 0 Å². The SMILES string of the molecule is Cl.O=C1CN(S(=O)(=O)c2cccc(C(=O)N3CCC4CCC(C3)N4)c2)CCN1. The number of carbonyl (C=O) groups excluding carboxylic acids is 2. The zero-order valence-electron chi connectivity index (χ0n) is 15.5. The second-order valence-electron chi connectivity index (χ2n) is 7.39. The molecule has 10 heteroatoms. The maximum atomic E-state index is 13.0. The normalized spacial score (nSPS) is 25.6. The lowest BCUT2D eigenvalue weighted by atomic mass is 10.1. The van der Waals surface area contributed by atoms with Gasteiger partial charge in [0.2, 0.25) is 15.9 Å². The summed E-state index contributed by atoms with van der Waals surface area (Å²) in [6, 6.07) is 6.95. The van der Waals surface area contributed by atoms with Gasteiger partial charge in [0.15, 0.2) is 0 Å². The lowest BCUT2D eigenvalue weighted by Crippen LogP contribution is -2.49. The highest BCUT2D eigenvalue weighted by Gasteiger charge is 2.33. The Morgan fingerprint density at radius 2 is 1.89 bits per heavy atom. The Bertz CT molecular complexity index is 863. The zero-order valence-corrected chi connectivity index (χ0v) is 17.1.